The Morgan fingerprint density at radius 1 is 0.938 bits per heavy atom. The van der Waals surface area contributed by atoms with E-state index < -0.39 is 0 Å². The zero-order chi connectivity index (χ0) is 22.2. The van der Waals surface area contributed by atoms with Gasteiger partial charge in [-0.3, -0.25) is 0 Å². The van der Waals surface area contributed by atoms with Gasteiger partial charge in [-0.15, -0.1) is 10.2 Å². The third-order valence-corrected chi connectivity index (χ3v) is 5.64. The summed E-state index contributed by atoms with van der Waals surface area (Å²) in [5, 5.41) is 16.9. The van der Waals surface area contributed by atoms with Crippen molar-refractivity contribution in [2.45, 2.75) is 19.1 Å². The van der Waals surface area contributed by atoms with Gasteiger partial charge < -0.3 is 14.0 Å². The van der Waals surface area contributed by atoms with E-state index in [1.54, 1.807) is 12.7 Å². The Balaban J connectivity index is 1.37. The highest BCUT2D eigenvalue weighted by atomic mass is 79.9. The molecule has 0 N–H and O–H groups in total. The lowest BCUT2D eigenvalue weighted by Gasteiger charge is -2.19. The summed E-state index contributed by atoms with van der Waals surface area (Å²) in [6, 6.07) is 25.5. The van der Waals surface area contributed by atoms with E-state index in [4.69, 9.17) is 14.7 Å². The van der Waals surface area contributed by atoms with Crippen molar-refractivity contribution in [3.63, 3.8) is 0 Å². The largest absolute Gasteiger partial charge is 0.493 e. The van der Waals surface area contributed by atoms with Crippen LogP contribution in [0.25, 0.3) is 0 Å². The molecule has 0 aliphatic carbocycles. The molecule has 0 bridgehead atoms. The summed E-state index contributed by atoms with van der Waals surface area (Å²) < 4.78 is 14.7. The molecule has 0 fully saturated rings. The maximum atomic E-state index is 9.04. The first-order valence-corrected chi connectivity index (χ1v) is 11.0. The molecular weight excluding hydrogens is 468 g/mol. The Labute approximate surface area is 195 Å². The zero-order valence-electron chi connectivity index (χ0n) is 17.3. The molecule has 160 valence electrons. The van der Waals surface area contributed by atoms with Gasteiger partial charge in [-0.1, -0.05) is 42.5 Å². The molecule has 1 aromatic heterocycles. The van der Waals surface area contributed by atoms with Crippen LogP contribution in [-0.2, 0) is 6.61 Å². The minimum absolute atomic E-state index is 0.00895. The quantitative estimate of drug-likeness (QED) is 0.308. The fourth-order valence-electron chi connectivity index (χ4n) is 3.35. The van der Waals surface area contributed by atoms with Crippen molar-refractivity contribution in [3.05, 3.63) is 107 Å². The zero-order valence-corrected chi connectivity index (χ0v) is 18.9. The first kappa shape index (κ1) is 21.6. The number of nitriles is 1. The van der Waals surface area contributed by atoms with Crippen LogP contribution in [0.5, 0.6) is 11.5 Å². The summed E-state index contributed by atoms with van der Waals surface area (Å²) in [7, 11) is 0. The third kappa shape index (κ3) is 5.54. The molecule has 0 aliphatic rings. The minimum atomic E-state index is 0.00895. The smallest absolute Gasteiger partial charge is 0.134 e. The maximum Gasteiger partial charge on any atom is 0.134 e. The van der Waals surface area contributed by atoms with Crippen LogP contribution in [0.15, 0.2) is 89.9 Å². The van der Waals surface area contributed by atoms with Crippen LogP contribution < -0.4 is 9.47 Å². The molecule has 1 unspecified atom stereocenters. The van der Waals surface area contributed by atoms with E-state index in [0.29, 0.717) is 25.2 Å². The molecule has 0 saturated heterocycles. The first-order chi connectivity index (χ1) is 15.7. The second-order valence-electron chi connectivity index (χ2n) is 7.16. The summed E-state index contributed by atoms with van der Waals surface area (Å²) in [5.41, 5.74) is 2.81. The van der Waals surface area contributed by atoms with Crippen LogP contribution in [0.4, 0.5) is 0 Å². The van der Waals surface area contributed by atoms with Crippen molar-refractivity contribution in [2.75, 3.05) is 6.61 Å². The molecule has 1 heterocycles. The van der Waals surface area contributed by atoms with E-state index in [1.807, 2.05) is 77.4 Å². The lowest BCUT2D eigenvalue weighted by Crippen LogP contribution is -2.13. The maximum absolute atomic E-state index is 9.04. The highest BCUT2D eigenvalue weighted by Crippen LogP contribution is 2.30. The number of rotatable bonds is 9. The van der Waals surface area contributed by atoms with Gasteiger partial charge in [0.05, 0.1) is 28.8 Å². The van der Waals surface area contributed by atoms with Crippen molar-refractivity contribution in [3.8, 4) is 17.6 Å². The van der Waals surface area contributed by atoms with Crippen LogP contribution in [-0.4, -0.2) is 21.4 Å². The highest BCUT2D eigenvalue weighted by molar-refractivity contribution is 9.10. The topological polar surface area (TPSA) is 73.0 Å². The molecule has 0 saturated carbocycles. The molecule has 0 amide bonds. The predicted octanol–water partition coefficient (Wildman–Crippen LogP) is 5.55. The van der Waals surface area contributed by atoms with E-state index >= 15 is 0 Å². The van der Waals surface area contributed by atoms with Crippen molar-refractivity contribution >= 4 is 15.9 Å². The van der Waals surface area contributed by atoms with Gasteiger partial charge in [0.15, 0.2) is 0 Å². The average Bonchev–Trinajstić information content (AvgIpc) is 3.37. The number of hydrogen-bond acceptors (Lipinski definition) is 5. The number of halogens is 1. The molecule has 3 aromatic carbocycles. The molecule has 6 nitrogen and oxygen atoms in total. The lowest BCUT2D eigenvalue weighted by molar-refractivity contribution is 0.285. The van der Waals surface area contributed by atoms with E-state index in [1.165, 1.54) is 0 Å². The first-order valence-electron chi connectivity index (χ1n) is 10.2. The molecule has 0 spiro atoms. The summed E-state index contributed by atoms with van der Waals surface area (Å²) in [6.45, 7) is 1.00. The number of benzene rings is 3. The summed E-state index contributed by atoms with van der Waals surface area (Å²) >= 11 is 3.57. The molecule has 7 heteroatoms. The Morgan fingerprint density at radius 3 is 2.38 bits per heavy atom. The van der Waals surface area contributed by atoms with Gasteiger partial charge in [-0.2, -0.15) is 5.26 Å². The van der Waals surface area contributed by atoms with Gasteiger partial charge in [0.1, 0.15) is 30.8 Å². The van der Waals surface area contributed by atoms with E-state index in [-0.39, 0.29) is 6.04 Å². The summed E-state index contributed by atoms with van der Waals surface area (Å²) in [6.07, 6.45) is 4.10. The van der Waals surface area contributed by atoms with Crippen LogP contribution in [0.1, 0.15) is 29.2 Å². The van der Waals surface area contributed by atoms with Gasteiger partial charge in [-0.05, 0) is 57.4 Å². The van der Waals surface area contributed by atoms with E-state index in [2.05, 4.69) is 32.2 Å². The van der Waals surface area contributed by atoms with Crippen LogP contribution in [0.3, 0.4) is 0 Å². The molecule has 0 aliphatic heterocycles. The van der Waals surface area contributed by atoms with Gasteiger partial charge in [-0.25, -0.2) is 0 Å². The predicted molar refractivity (Wildman–Crippen MR) is 124 cm³/mol. The second-order valence-corrected chi connectivity index (χ2v) is 8.02. The standard InChI is InChI=1S/C25H21BrN4O2/c26-23-14-22(10-11-25(23)32-16-20-4-2-1-3-5-20)31-13-12-24(30-17-28-29-18-30)21-8-6-19(15-27)7-9-21/h1-11,14,17-18,24H,12-13,16H2. The highest BCUT2D eigenvalue weighted by Gasteiger charge is 2.14. The fourth-order valence-corrected chi connectivity index (χ4v) is 3.82. The minimum Gasteiger partial charge on any atom is -0.493 e. The van der Waals surface area contributed by atoms with Gasteiger partial charge in [0.2, 0.25) is 0 Å². The van der Waals surface area contributed by atoms with Crippen molar-refractivity contribution in [1.29, 1.82) is 5.26 Å². The molecule has 4 aromatic rings. The molecule has 0 radical (unpaired) electrons. The molecular formula is C25H21BrN4O2. The summed E-state index contributed by atoms with van der Waals surface area (Å²) in [5.74, 6) is 1.52. The average molecular weight is 489 g/mol. The van der Waals surface area contributed by atoms with Crippen LogP contribution in [0.2, 0.25) is 0 Å². The van der Waals surface area contributed by atoms with E-state index in [9.17, 15) is 0 Å². The lowest BCUT2D eigenvalue weighted by atomic mass is 10.0. The number of nitrogens with zero attached hydrogens (tertiary/aromatic N) is 4. The molecule has 1 atom stereocenters. The molecule has 4 rings (SSSR count). The van der Waals surface area contributed by atoms with Crippen LogP contribution >= 0.6 is 15.9 Å². The van der Waals surface area contributed by atoms with Gasteiger partial charge in [0.25, 0.3) is 0 Å². The Kier molecular flexibility index (Phi) is 7.15. The van der Waals surface area contributed by atoms with Crippen molar-refractivity contribution in [2.24, 2.45) is 0 Å². The number of hydrogen-bond donors (Lipinski definition) is 0. The third-order valence-electron chi connectivity index (χ3n) is 5.02. The summed E-state index contributed by atoms with van der Waals surface area (Å²) in [4.78, 5) is 0. The van der Waals surface area contributed by atoms with E-state index in [0.717, 1.165) is 27.1 Å². The second kappa shape index (κ2) is 10.6. The molecule has 32 heavy (non-hydrogen) atoms. The van der Waals surface area contributed by atoms with Crippen LogP contribution in [0, 0.1) is 11.3 Å². The Hall–Kier alpha value is -3.63. The van der Waals surface area contributed by atoms with Crippen molar-refractivity contribution in [1.82, 2.24) is 14.8 Å². The monoisotopic (exact) mass is 488 g/mol. The van der Waals surface area contributed by atoms with Crippen molar-refractivity contribution < 1.29 is 9.47 Å². The number of ether oxygens (including phenoxy) is 2. The Morgan fingerprint density at radius 2 is 1.69 bits per heavy atom. The normalized spacial score (nSPS) is 11.5. The van der Waals surface area contributed by atoms with Gasteiger partial charge >= 0.3 is 0 Å². The number of aromatic nitrogens is 3. The Bertz CT molecular complexity index is 1170. The SMILES string of the molecule is N#Cc1ccc(C(CCOc2ccc(OCc3ccccc3)c(Br)c2)n2cnnc2)cc1. The van der Waals surface area contributed by atoms with Gasteiger partial charge in [0, 0.05) is 6.42 Å². The fraction of sp³-hybridized carbons (Fsp3) is 0.160.